The lowest BCUT2D eigenvalue weighted by Gasteiger charge is -2.29. The summed E-state index contributed by atoms with van der Waals surface area (Å²) < 4.78 is 0. The minimum absolute atomic E-state index is 0.617. The number of pyridine rings is 1. The SMILES string of the molecule is CCC1CCC(C)N1c1cc(CNCC(C)C)ccn1. The predicted molar refractivity (Wildman–Crippen MR) is 86.0 cm³/mol. The number of anilines is 1. The Morgan fingerprint density at radius 2 is 2.20 bits per heavy atom. The molecule has 0 aromatic carbocycles. The molecule has 3 nitrogen and oxygen atoms in total. The Balaban J connectivity index is 2.05. The number of aromatic nitrogens is 1. The zero-order valence-electron chi connectivity index (χ0n) is 13.4. The summed E-state index contributed by atoms with van der Waals surface area (Å²) in [6.07, 6.45) is 5.76. The monoisotopic (exact) mass is 275 g/mol. The zero-order valence-corrected chi connectivity index (χ0v) is 13.4. The van der Waals surface area contributed by atoms with Gasteiger partial charge in [-0.05, 0) is 56.3 Å². The second-order valence-corrected chi connectivity index (χ2v) is 6.44. The van der Waals surface area contributed by atoms with E-state index in [1.54, 1.807) is 0 Å². The van der Waals surface area contributed by atoms with Crippen LogP contribution in [-0.4, -0.2) is 23.6 Å². The fourth-order valence-electron chi connectivity index (χ4n) is 3.10. The van der Waals surface area contributed by atoms with E-state index in [2.05, 4.69) is 55.0 Å². The van der Waals surface area contributed by atoms with Crippen LogP contribution in [0, 0.1) is 5.92 Å². The summed E-state index contributed by atoms with van der Waals surface area (Å²) in [6, 6.07) is 5.67. The van der Waals surface area contributed by atoms with Gasteiger partial charge in [0, 0.05) is 24.8 Å². The Kier molecular flexibility index (Phi) is 5.41. The smallest absolute Gasteiger partial charge is 0.129 e. The minimum Gasteiger partial charge on any atom is -0.351 e. The van der Waals surface area contributed by atoms with Gasteiger partial charge in [-0.25, -0.2) is 4.98 Å². The quantitative estimate of drug-likeness (QED) is 0.860. The second-order valence-electron chi connectivity index (χ2n) is 6.44. The van der Waals surface area contributed by atoms with Gasteiger partial charge in [0.2, 0.25) is 0 Å². The van der Waals surface area contributed by atoms with E-state index in [1.165, 1.54) is 24.8 Å². The van der Waals surface area contributed by atoms with E-state index in [0.29, 0.717) is 18.0 Å². The van der Waals surface area contributed by atoms with Crippen molar-refractivity contribution in [2.45, 2.75) is 65.6 Å². The standard InChI is InChI=1S/C17H29N3/c1-5-16-7-6-14(4)20(16)17-10-15(8-9-19-17)12-18-11-13(2)3/h8-10,13-14,16,18H,5-7,11-12H2,1-4H3. The zero-order chi connectivity index (χ0) is 14.5. The Hall–Kier alpha value is -1.09. The Morgan fingerprint density at radius 1 is 1.40 bits per heavy atom. The highest BCUT2D eigenvalue weighted by atomic mass is 15.3. The van der Waals surface area contributed by atoms with Gasteiger partial charge in [0.15, 0.2) is 0 Å². The maximum absolute atomic E-state index is 4.61. The number of nitrogens with one attached hydrogen (secondary N) is 1. The molecular formula is C17H29N3. The van der Waals surface area contributed by atoms with Crippen LogP contribution in [0.5, 0.6) is 0 Å². The maximum atomic E-state index is 4.61. The number of nitrogens with zero attached hydrogens (tertiary/aromatic N) is 2. The highest BCUT2D eigenvalue weighted by molar-refractivity contribution is 5.44. The summed E-state index contributed by atoms with van der Waals surface area (Å²) in [7, 11) is 0. The maximum Gasteiger partial charge on any atom is 0.129 e. The fraction of sp³-hybridized carbons (Fsp3) is 0.706. The molecule has 1 aromatic heterocycles. The van der Waals surface area contributed by atoms with E-state index in [1.807, 2.05) is 6.20 Å². The first kappa shape index (κ1) is 15.3. The molecule has 0 saturated carbocycles. The molecule has 0 spiro atoms. The van der Waals surface area contributed by atoms with Crippen molar-refractivity contribution in [3.05, 3.63) is 23.9 Å². The van der Waals surface area contributed by atoms with Crippen LogP contribution in [0.15, 0.2) is 18.3 Å². The normalized spacial score (nSPS) is 22.8. The molecule has 1 aromatic rings. The molecule has 2 atom stereocenters. The first-order chi connectivity index (χ1) is 9.61. The molecule has 112 valence electrons. The lowest BCUT2D eigenvalue weighted by Crippen LogP contribution is -2.34. The lowest BCUT2D eigenvalue weighted by atomic mass is 10.1. The van der Waals surface area contributed by atoms with Crippen LogP contribution >= 0.6 is 0 Å². The molecular weight excluding hydrogens is 246 g/mol. The number of rotatable bonds is 6. The van der Waals surface area contributed by atoms with E-state index >= 15 is 0 Å². The molecule has 1 fully saturated rings. The summed E-state index contributed by atoms with van der Waals surface area (Å²) >= 11 is 0. The van der Waals surface area contributed by atoms with Gasteiger partial charge in [-0.3, -0.25) is 0 Å². The fourth-order valence-corrected chi connectivity index (χ4v) is 3.10. The molecule has 0 amide bonds. The van der Waals surface area contributed by atoms with E-state index in [-0.39, 0.29) is 0 Å². The number of hydrogen-bond acceptors (Lipinski definition) is 3. The van der Waals surface area contributed by atoms with Crippen molar-refractivity contribution in [1.82, 2.24) is 10.3 Å². The van der Waals surface area contributed by atoms with Gasteiger partial charge >= 0.3 is 0 Å². The highest BCUT2D eigenvalue weighted by Crippen LogP contribution is 2.30. The van der Waals surface area contributed by atoms with Crippen molar-refractivity contribution in [3.63, 3.8) is 0 Å². The van der Waals surface area contributed by atoms with Gasteiger partial charge in [-0.15, -0.1) is 0 Å². The van der Waals surface area contributed by atoms with Crippen LogP contribution in [-0.2, 0) is 6.54 Å². The molecule has 0 bridgehead atoms. The van der Waals surface area contributed by atoms with Crippen molar-refractivity contribution in [2.75, 3.05) is 11.4 Å². The second kappa shape index (κ2) is 7.07. The largest absolute Gasteiger partial charge is 0.351 e. The first-order valence-electron chi connectivity index (χ1n) is 8.05. The van der Waals surface area contributed by atoms with Gasteiger partial charge < -0.3 is 10.2 Å². The molecule has 20 heavy (non-hydrogen) atoms. The van der Waals surface area contributed by atoms with Crippen molar-refractivity contribution in [2.24, 2.45) is 5.92 Å². The van der Waals surface area contributed by atoms with E-state index in [9.17, 15) is 0 Å². The van der Waals surface area contributed by atoms with Gasteiger partial charge in [0.1, 0.15) is 5.82 Å². The highest BCUT2D eigenvalue weighted by Gasteiger charge is 2.30. The molecule has 0 aliphatic carbocycles. The molecule has 2 unspecified atom stereocenters. The van der Waals surface area contributed by atoms with Crippen LogP contribution in [0.2, 0.25) is 0 Å². The third-order valence-corrected chi connectivity index (χ3v) is 4.21. The first-order valence-corrected chi connectivity index (χ1v) is 8.05. The Labute approximate surface area is 123 Å². The molecule has 1 aliphatic heterocycles. The average Bonchev–Trinajstić information content (AvgIpc) is 2.80. The van der Waals surface area contributed by atoms with Gasteiger partial charge in [-0.1, -0.05) is 20.8 Å². The molecule has 3 heteroatoms. The summed E-state index contributed by atoms with van der Waals surface area (Å²) in [6.45, 7) is 11.1. The molecule has 2 heterocycles. The van der Waals surface area contributed by atoms with Gasteiger partial charge in [-0.2, -0.15) is 0 Å². The van der Waals surface area contributed by atoms with E-state index < -0.39 is 0 Å². The third kappa shape index (κ3) is 3.72. The van der Waals surface area contributed by atoms with Crippen LogP contribution in [0.25, 0.3) is 0 Å². The van der Waals surface area contributed by atoms with E-state index in [4.69, 9.17) is 0 Å². The predicted octanol–water partition coefficient (Wildman–Crippen LogP) is 3.59. The van der Waals surface area contributed by atoms with Gasteiger partial charge in [0.25, 0.3) is 0 Å². The lowest BCUT2D eigenvalue weighted by molar-refractivity contribution is 0.552. The molecule has 1 N–H and O–H groups in total. The van der Waals surface area contributed by atoms with Gasteiger partial charge in [0.05, 0.1) is 0 Å². The van der Waals surface area contributed by atoms with Crippen molar-refractivity contribution < 1.29 is 0 Å². The molecule has 1 aliphatic rings. The van der Waals surface area contributed by atoms with Crippen molar-refractivity contribution in [3.8, 4) is 0 Å². The van der Waals surface area contributed by atoms with Crippen LogP contribution in [0.4, 0.5) is 5.82 Å². The van der Waals surface area contributed by atoms with Crippen LogP contribution in [0.3, 0.4) is 0 Å². The molecule has 2 rings (SSSR count). The molecule has 0 radical (unpaired) electrons. The van der Waals surface area contributed by atoms with Crippen molar-refractivity contribution >= 4 is 5.82 Å². The Bertz CT molecular complexity index is 416. The van der Waals surface area contributed by atoms with Crippen molar-refractivity contribution in [1.29, 1.82) is 0 Å². The number of hydrogen-bond donors (Lipinski definition) is 1. The third-order valence-electron chi connectivity index (χ3n) is 4.21. The summed E-state index contributed by atoms with van der Waals surface area (Å²) in [4.78, 5) is 7.13. The van der Waals surface area contributed by atoms with Crippen LogP contribution < -0.4 is 10.2 Å². The topological polar surface area (TPSA) is 28.2 Å². The molecule has 1 saturated heterocycles. The summed E-state index contributed by atoms with van der Waals surface area (Å²) in [5.41, 5.74) is 1.34. The van der Waals surface area contributed by atoms with E-state index in [0.717, 1.165) is 18.9 Å². The summed E-state index contributed by atoms with van der Waals surface area (Å²) in [5.74, 6) is 1.85. The van der Waals surface area contributed by atoms with Crippen LogP contribution in [0.1, 0.15) is 52.5 Å². The minimum atomic E-state index is 0.617. The average molecular weight is 275 g/mol. The Morgan fingerprint density at radius 3 is 2.90 bits per heavy atom. The summed E-state index contributed by atoms with van der Waals surface area (Å²) in [5, 5.41) is 3.51.